The Morgan fingerprint density at radius 2 is 1.63 bits per heavy atom. The zero-order chi connectivity index (χ0) is 24.5. The molecule has 0 saturated carbocycles. The molecule has 0 radical (unpaired) electrons. The molecule has 5 rings (SSSR count). The summed E-state index contributed by atoms with van der Waals surface area (Å²) in [6.45, 7) is 3.62. The Bertz CT molecular complexity index is 1440. The molecule has 3 aromatic carbocycles. The van der Waals surface area contributed by atoms with Crippen LogP contribution in [0.5, 0.6) is 11.5 Å². The van der Waals surface area contributed by atoms with E-state index in [4.69, 9.17) is 9.26 Å². The largest absolute Gasteiger partial charge is 0.507 e. The monoisotopic (exact) mass is 466 g/mol. The Balaban J connectivity index is 1.65. The normalized spacial score (nSPS) is 17.1. The fourth-order valence-electron chi connectivity index (χ4n) is 4.09. The summed E-state index contributed by atoms with van der Waals surface area (Å²) >= 11 is 0. The zero-order valence-electron chi connectivity index (χ0n) is 19.1. The summed E-state index contributed by atoms with van der Waals surface area (Å²) in [5.41, 5.74) is 1.98. The van der Waals surface area contributed by atoms with Crippen molar-refractivity contribution >= 4 is 23.3 Å². The van der Waals surface area contributed by atoms with E-state index in [1.807, 2.05) is 49.4 Å². The van der Waals surface area contributed by atoms with Crippen molar-refractivity contribution in [2.45, 2.75) is 19.9 Å². The highest BCUT2D eigenvalue weighted by molar-refractivity contribution is 6.51. The molecule has 1 atom stereocenters. The van der Waals surface area contributed by atoms with Crippen molar-refractivity contribution in [1.82, 2.24) is 5.16 Å². The van der Waals surface area contributed by atoms with E-state index in [0.717, 1.165) is 5.56 Å². The molecule has 7 heteroatoms. The van der Waals surface area contributed by atoms with Gasteiger partial charge in [-0.3, -0.25) is 14.5 Å². The van der Waals surface area contributed by atoms with Crippen molar-refractivity contribution in [3.63, 3.8) is 0 Å². The van der Waals surface area contributed by atoms with Crippen molar-refractivity contribution in [3.8, 4) is 11.5 Å². The molecule has 0 spiro atoms. The zero-order valence-corrected chi connectivity index (χ0v) is 19.1. The molecule has 0 aliphatic carbocycles. The molecule has 1 N–H and O–H groups in total. The molecule has 1 fully saturated rings. The Hall–Kier alpha value is -4.65. The molecule has 1 aromatic heterocycles. The number of aliphatic hydroxyl groups excluding tert-OH is 1. The van der Waals surface area contributed by atoms with Crippen LogP contribution in [0.25, 0.3) is 5.76 Å². The molecule has 2 heterocycles. The van der Waals surface area contributed by atoms with Gasteiger partial charge in [0.05, 0.1) is 11.6 Å². The van der Waals surface area contributed by atoms with Crippen LogP contribution < -0.4 is 9.64 Å². The minimum absolute atomic E-state index is 0.0311. The van der Waals surface area contributed by atoms with Gasteiger partial charge in [0.2, 0.25) is 0 Å². The molecule has 1 amide bonds. The smallest absolute Gasteiger partial charge is 0.301 e. The minimum Gasteiger partial charge on any atom is -0.507 e. The molecule has 1 unspecified atom stereocenters. The Morgan fingerprint density at radius 3 is 2.31 bits per heavy atom. The second-order valence-electron chi connectivity index (χ2n) is 8.32. The van der Waals surface area contributed by atoms with Crippen LogP contribution in [0.4, 0.5) is 5.82 Å². The lowest BCUT2D eigenvalue weighted by atomic mass is 9.95. The van der Waals surface area contributed by atoms with Crippen molar-refractivity contribution < 1.29 is 24.0 Å². The quantitative estimate of drug-likeness (QED) is 0.230. The molecule has 174 valence electrons. The van der Waals surface area contributed by atoms with E-state index in [2.05, 4.69) is 5.16 Å². The first-order valence-corrected chi connectivity index (χ1v) is 11.1. The SMILES string of the molecule is Cc1ccc(/C(O)=C2\C(=O)C(=O)N(c3cc(C)on3)C2c2cccc(Oc3ccccc3)c2)cc1. The standard InChI is InChI=1S/C28H22N2O5/c1-17-11-13-19(14-12-17)26(31)24-25(30(28(33)27(24)32)23-15-18(2)35-29-23)20-7-6-10-22(16-20)34-21-8-4-3-5-9-21/h3-16,25,31H,1-2H3/b26-24+. The lowest BCUT2D eigenvalue weighted by Gasteiger charge is -2.23. The van der Waals surface area contributed by atoms with E-state index in [1.165, 1.54) is 4.90 Å². The number of amides is 1. The van der Waals surface area contributed by atoms with Gasteiger partial charge < -0.3 is 14.4 Å². The number of carbonyl (C=O) groups is 2. The second kappa shape index (κ2) is 8.95. The first-order valence-electron chi connectivity index (χ1n) is 11.1. The number of para-hydroxylation sites is 1. The number of hydrogen-bond donors (Lipinski definition) is 1. The number of nitrogens with zero attached hydrogens (tertiary/aromatic N) is 2. The number of rotatable bonds is 5. The number of anilines is 1. The molecule has 1 aliphatic rings. The van der Waals surface area contributed by atoms with E-state index >= 15 is 0 Å². The molecule has 1 aliphatic heterocycles. The molecule has 4 aromatic rings. The summed E-state index contributed by atoms with van der Waals surface area (Å²) in [5, 5.41) is 15.2. The lowest BCUT2D eigenvalue weighted by Crippen LogP contribution is -2.29. The summed E-state index contributed by atoms with van der Waals surface area (Å²) < 4.78 is 11.2. The van der Waals surface area contributed by atoms with Crippen LogP contribution >= 0.6 is 0 Å². The van der Waals surface area contributed by atoms with Gasteiger partial charge in [-0.05, 0) is 43.7 Å². The van der Waals surface area contributed by atoms with Crippen LogP contribution in [0.1, 0.15) is 28.5 Å². The topological polar surface area (TPSA) is 92.9 Å². The number of ether oxygens (including phenoxy) is 1. The lowest BCUT2D eigenvalue weighted by molar-refractivity contribution is -0.132. The number of aromatic nitrogens is 1. The van der Waals surface area contributed by atoms with Gasteiger partial charge in [-0.2, -0.15) is 0 Å². The highest BCUT2D eigenvalue weighted by Gasteiger charge is 2.48. The molecular formula is C28H22N2O5. The van der Waals surface area contributed by atoms with Crippen LogP contribution in [-0.2, 0) is 9.59 Å². The van der Waals surface area contributed by atoms with Gasteiger partial charge >= 0.3 is 5.91 Å². The predicted molar refractivity (Wildman–Crippen MR) is 130 cm³/mol. The van der Waals surface area contributed by atoms with Crippen LogP contribution in [0, 0.1) is 13.8 Å². The summed E-state index contributed by atoms with van der Waals surface area (Å²) in [7, 11) is 0. The molecule has 1 saturated heterocycles. The number of ketones is 1. The van der Waals surface area contributed by atoms with Crippen molar-refractivity contribution in [3.05, 3.63) is 113 Å². The summed E-state index contributed by atoms with van der Waals surface area (Å²) in [5.74, 6) is -0.0244. The van der Waals surface area contributed by atoms with Gasteiger partial charge in [-0.15, -0.1) is 0 Å². The first kappa shape index (κ1) is 22.2. The fraction of sp³-hybridized carbons (Fsp3) is 0.107. The third-order valence-electron chi connectivity index (χ3n) is 5.78. The molecular weight excluding hydrogens is 444 g/mol. The van der Waals surface area contributed by atoms with Crippen molar-refractivity contribution in [2.24, 2.45) is 0 Å². The third kappa shape index (κ3) is 4.19. The maximum atomic E-state index is 13.2. The van der Waals surface area contributed by atoms with Gasteiger partial charge in [-0.25, -0.2) is 0 Å². The molecule has 0 bridgehead atoms. The fourth-order valence-corrected chi connectivity index (χ4v) is 4.09. The van der Waals surface area contributed by atoms with Gasteiger partial charge in [0.15, 0.2) is 5.82 Å². The Kier molecular flexibility index (Phi) is 5.66. The number of aryl methyl sites for hydroxylation is 2. The highest BCUT2D eigenvalue weighted by Crippen LogP contribution is 2.42. The van der Waals surface area contributed by atoms with Gasteiger partial charge in [0.1, 0.15) is 23.0 Å². The average molecular weight is 466 g/mol. The number of carbonyl (C=O) groups excluding carboxylic acids is 2. The van der Waals surface area contributed by atoms with E-state index in [0.29, 0.717) is 28.4 Å². The first-order chi connectivity index (χ1) is 16.9. The van der Waals surface area contributed by atoms with E-state index in [9.17, 15) is 14.7 Å². The van der Waals surface area contributed by atoms with Crippen molar-refractivity contribution in [2.75, 3.05) is 4.90 Å². The molecule has 7 nitrogen and oxygen atoms in total. The number of Topliss-reactive ketones (excluding diaryl/α,β-unsaturated/α-hetero) is 1. The average Bonchev–Trinajstić information content (AvgIpc) is 3.40. The maximum absolute atomic E-state index is 13.2. The third-order valence-corrected chi connectivity index (χ3v) is 5.78. The van der Waals surface area contributed by atoms with Gasteiger partial charge in [-0.1, -0.05) is 65.3 Å². The van der Waals surface area contributed by atoms with Gasteiger partial charge in [0, 0.05) is 11.6 Å². The van der Waals surface area contributed by atoms with Gasteiger partial charge in [0.25, 0.3) is 5.78 Å². The maximum Gasteiger partial charge on any atom is 0.301 e. The Morgan fingerprint density at radius 1 is 0.914 bits per heavy atom. The number of hydrogen-bond acceptors (Lipinski definition) is 6. The minimum atomic E-state index is -0.930. The predicted octanol–water partition coefficient (Wildman–Crippen LogP) is 5.71. The van der Waals surface area contributed by atoms with Crippen molar-refractivity contribution in [1.29, 1.82) is 0 Å². The van der Waals surface area contributed by atoms with E-state index in [1.54, 1.807) is 49.4 Å². The highest BCUT2D eigenvalue weighted by atomic mass is 16.5. The van der Waals surface area contributed by atoms with Crippen LogP contribution in [0.2, 0.25) is 0 Å². The summed E-state index contributed by atoms with van der Waals surface area (Å²) in [6.07, 6.45) is 0. The number of aliphatic hydroxyl groups is 1. The van der Waals surface area contributed by atoms with Crippen LogP contribution in [0.3, 0.4) is 0 Å². The van der Waals surface area contributed by atoms with Crippen LogP contribution in [0.15, 0.2) is 95.0 Å². The summed E-state index contributed by atoms with van der Waals surface area (Å²) in [4.78, 5) is 27.7. The van der Waals surface area contributed by atoms with E-state index < -0.39 is 17.7 Å². The number of benzene rings is 3. The Labute approximate surface area is 201 Å². The van der Waals surface area contributed by atoms with Crippen LogP contribution in [-0.4, -0.2) is 22.0 Å². The summed E-state index contributed by atoms with van der Waals surface area (Å²) in [6, 6.07) is 24.1. The van der Waals surface area contributed by atoms with E-state index in [-0.39, 0.29) is 17.2 Å². The molecule has 35 heavy (non-hydrogen) atoms. The second-order valence-corrected chi connectivity index (χ2v) is 8.32.